The van der Waals surface area contributed by atoms with E-state index in [9.17, 15) is 9.59 Å². The summed E-state index contributed by atoms with van der Waals surface area (Å²) >= 11 is 0. The molecule has 1 N–H and O–H groups in total. The summed E-state index contributed by atoms with van der Waals surface area (Å²) in [6.07, 6.45) is 1.49. The number of amides is 1. The Labute approximate surface area is 172 Å². The molecule has 4 nitrogen and oxygen atoms in total. The van der Waals surface area contributed by atoms with Crippen LogP contribution in [-0.2, 0) is 9.59 Å². The summed E-state index contributed by atoms with van der Waals surface area (Å²) in [6.45, 7) is 4.92. The minimum atomic E-state index is -0.139. The van der Waals surface area contributed by atoms with Crippen LogP contribution in [0.15, 0.2) is 65.9 Å². The number of rotatable bonds is 5. The first kappa shape index (κ1) is 19.4. The number of hydrogen-bond donors (Lipinski definition) is 1. The quantitative estimate of drug-likeness (QED) is 0.805. The molecule has 1 aliphatic heterocycles. The molecular weight excluding hydrogens is 362 g/mol. The van der Waals surface area contributed by atoms with Gasteiger partial charge < -0.3 is 10.1 Å². The predicted molar refractivity (Wildman–Crippen MR) is 113 cm³/mol. The zero-order valence-corrected chi connectivity index (χ0v) is 17.0. The van der Waals surface area contributed by atoms with Gasteiger partial charge in [0.25, 0.3) is 0 Å². The van der Waals surface area contributed by atoms with Crippen LogP contribution in [0.5, 0.6) is 5.75 Å². The molecule has 4 heteroatoms. The maximum absolute atomic E-state index is 13.1. The lowest BCUT2D eigenvalue weighted by atomic mass is 9.73. The van der Waals surface area contributed by atoms with Gasteiger partial charge in [-0.05, 0) is 41.5 Å². The second-order valence-electron chi connectivity index (χ2n) is 8.41. The van der Waals surface area contributed by atoms with Crippen molar-refractivity contribution in [1.82, 2.24) is 5.32 Å². The van der Waals surface area contributed by atoms with Gasteiger partial charge in [0.1, 0.15) is 5.75 Å². The first-order valence-corrected chi connectivity index (χ1v) is 10.3. The molecule has 2 unspecified atom stereocenters. The highest BCUT2D eigenvalue weighted by molar-refractivity contribution is 6.02. The molecule has 2 aromatic rings. The zero-order valence-electron chi connectivity index (χ0n) is 17.0. The van der Waals surface area contributed by atoms with Crippen molar-refractivity contribution >= 4 is 11.7 Å². The monoisotopic (exact) mass is 389 g/mol. The molecule has 150 valence electrons. The highest BCUT2D eigenvalue weighted by Crippen LogP contribution is 2.42. The van der Waals surface area contributed by atoms with Crippen molar-refractivity contribution < 1.29 is 14.3 Å². The molecule has 29 heavy (non-hydrogen) atoms. The number of carbonyl (C=O) groups excluding carboxylic acids is 2. The molecule has 1 aliphatic carbocycles. The number of allylic oxidation sites excluding steroid dienone is 2. The van der Waals surface area contributed by atoms with Gasteiger partial charge in [0, 0.05) is 30.0 Å². The molecule has 1 amide bonds. The standard InChI is InChI=1S/C25H27NO3/c1-16(2)15-29-20-10-8-17(9-11-20)19-12-22-25(23(27)13-19)21(14-24(28)26-22)18-6-4-3-5-7-18/h3-11,16,19,21H,12-15H2,1-2H3,(H,26,28). The van der Waals surface area contributed by atoms with E-state index in [1.165, 1.54) is 0 Å². The van der Waals surface area contributed by atoms with Crippen molar-refractivity contribution in [2.24, 2.45) is 5.92 Å². The third-order valence-electron chi connectivity index (χ3n) is 5.67. The van der Waals surface area contributed by atoms with Crippen molar-refractivity contribution in [3.63, 3.8) is 0 Å². The molecule has 0 saturated heterocycles. The highest BCUT2D eigenvalue weighted by atomic mass is 16.5. The van der Waals surface area contributed by atoms with E-state index in [1.54, 1.807) is 0 Å². The van der Waals surface area contributed by atoms with E-state index in [4.69, 9.17) is 4.74 Å². The van der Waals surface area contributed by atoms with Gasteiger partial charge in [-0.1, -0.05) is 56.3 Å². The summed E-state index contributed by atoms with van der Waals surface area (Å²) in [4.78, 5) is 25.5. The van der Waals surface area contributed by atoms with E-state index < -0.39 is 0 Å². The lowest BCUT2D eigenvalue weighted by molar-refractivity contribution is -0.122. The van der Waals surface area contributed by atoms with Crippen molar-refractivity contribution in [1.29, 1.82) is 0 Å². The fourth-order valence-corrected chi connectivity index (χ4v) is 4.27. The smallest absolute Gasteiger partial charge is 0.225 e. The summed E-state index contributed by atoms with van der Waals surface area (Å²) in [7, 11) is 0. The normalized spacial score (nSPS) is 21.8. The molecule has 2 aromatic carbocycles. The Morgan fingerprint density at radius 1 is 0.931 bits per heavy atom. The summed E-state index contributed by atoms with van der Waals surface area (Å²) in [5.74, 6) is 1.40. The van der Waals surface area contributed by atoms with E-state index >= 15 is 0 Å². The van der Waals surface area contributed by atoms with E-state index in [0.717, 1.165) is 28.1 Å². The van der Waals surface area contributed by atoms with Gasteiger partial charge in [-0.3, -0.25) is 9.59 Å². The molecule has 2 atom stereocenters. The fourth-order valence-electron chi connectivity index (χ4n) is 4.27. The Morgan fingerprint density at radius 2 is 1.66 bits per heavy atom. The van der Waals surface area contributed by atoms with Crippen LogP contribution < -0.4 is 10.1 Å². The fraction of sp³-hybridized carbons (Fsp3) is 0.360. The number of hydrogen-bond acceptors (Lipinski definition) is 3. The van der Waals surface area contributed by atoms with Crippen molar-refractivity contribution in [2.75, 3.05) is 6.61 Å². The van der Waals surface area contributed by atoms with Crippen LogP contribution in [0.1, 0.15) is 56.1 Å². The largest absolute Gasteiger partial charge is 0.493 e. The van der Waals surface area contributed by atoms with Crippen LogP contribution in [0.4, 0.5) is 0 Å². The lowest BCUT2D eigenvalue weighted by Gasteiger charge is -2.34. The third kappa shape index (κ3) is 4.26. The summed E-state index contributed by atoms with van der Waals surface area (Å²) in [5.41, 5.74) is 3.74. The molecule has 0 spiro atoms. The van der Waals surface area contributed by atoms with Crippen LogP contribution >= 0.6 is 0 Å². The molecule has 0 radical (unpaired) electrons. The average Bonchev–Trinajstić information content (AvgIpc) is 2.72. The van der Waals surface area contributed by atoms with Crippen LogP contribution in [0.3, 0.4) is 0 Å². The Bertz CT molecular complexity index is 928. The second kappa shape index (κ2) is 8.24. The molecule has 1 heterocycles. The van der Waals surface area contributed by atoms with Gasteiger partial charge in [0.05, 0.1) is 6.61 Å². The summed E-state index contributed by atoms with van der Waals surface area (Å²) in [6, 6.07) is 17.9. The van der Waals surface area contributed by atoms with Gasteiger partial charge in [0.2, 0.25) is 5.91 Å². The number of nitrogens with one attached hydrogen (secondary N) is 1. The summed E-state index contributed by atoms with van der Waals surface area (Å²) in [5, 5.41) is 2.99. The van der Waals surface area contributed by atoms with Gasteiger partial charge >= 0.3 is 0 Å². The predicted octanol–water partition coefficient (Wildman–Crippen LogP) is 4.73. The molecule has 0 fully saturated rings. The Morgan fingerprint density at radius 3 is 2.34 bits per heavy atom. The second-order valence-corrected chi connectivity index (χ2v) is 8.41. The van der Waals surface area contributed by atoms with E-state index in [2.05, 4.69) is 19.2 Å². The van der Waals surface area contributed by atoms with E-state index in [0.29, 0.717) is 31.8 Å². The first-order valence-electron chi connectivity index (χ1n) is 10.3. The Kier molecular flexibility index (Phi) is 5.52. The number of Topliss-reactive ketones (excluding diaryl/α,β-unsaturated/α-hetero) is 1. The van der Waals surface area contributed by atoms with Gasteiger partial charge in [-0.2, -0.15) is 0 Å². The number of ketones is 1. The number of carbonyl (C=O) groups is 2. The minimum absolute atomic E-state index is 0.0107. The highest BCUT2D eigenvalue weighted by Gasteiger charge is 2.38. The van der Waals surface area contributed by atoms with E-state index in [-0.39, 0.29) is 23.5 Å². The van der Waals surface area contributed by atoms with Gasteiger partial charge in [-0.25, -0.2) is 0 Å². The number of benzene rings is 2. The molecule has 2 aliphatic rings. The van der Waals surface area contributed by atoms with Crippen molar-refractivity contribution in [3.05, 3.63) is 77.0 Å². The molecule has 4 rings (SSSR count). The van der Waals surface area contributed by atoms with E-state index in [1.807, 2.05) is 54.6 Å². The maximum atomic E-state index is 13.1. The number of ether oxygens (including phenoxy) is 1. The Balaban J connectivity index is 1.57. The molecular formula is C25H27NO3. The van der Waals surface area contributed by atoms with Gasteiger partial charge in [-0.15, -0.1) is 0 Å². The first-order chi connectivity index (χ1) is 14.0. The third-order valence-corrected chi connectivity index (χ3v) is 5.67. The van der Waals surface area contributed by atoms with Crippen molar-refractivity contribution in [3.8, 4) is 5.75 Å². The lowest BCUT2D eigenvalue weighted by Crippen LogP contribution is -2.38. The SMILES string of the molecule is CC(C)COc1ccc(C2CC(=O)C3=C(C2)NC(=O)CC3c2ccccc2)cc1. The molecule has 0 bridgehead atoms. The van der Waals surface area contributed by atoms with Crippen LogP contribution in [0, 0.1) is 5.92 Å². The van der Waals surface area contributed by atoms with Crippen LogP contribution in [0.25, 0.3) is 0 Å². The molecule has 0 saturated carbocycles. The average molecular weight is 389 g/mol. The molecule has 0 aromatic heterocycles. The zero-order chi connectivity index (χ0) is 20.4. The van der Waals surface area contributed by atoms with Crippen LogP contribution in [0.2, 0.25) is 0 Å². The van der Waals surface area contributed by atoms with Gasteiger partial charge in [0.15, 0.2) is 5.78 Å². The summed E-state index contributed by atoms with van der Waals surface area (Å²) < 4.78 is 5.76. The minimum Gasteiger partial charge on any atom is -0.493 e. The van der Waals surface area contributed by atoms with Crippen molar-refractivity contribution in [2.45, 2.75) is 44.9 Å². The van der Waals surface area contributed by atoms with Crippen LogP contribution in [-0.4, -0.2) is 18.3 Å². The topological polar surface area (TPSA) is 55.4 Å². The Hall–Kier alpha value is -2.88. The maximum Gasteiger partial charge on any atom is 0.225 e.